The first-order valence-corrected chi connectivity index (χ1v) is 6.40. The predicted molar refractivity (Wildman–Crippen MR) is 75.7 cm³/mol. The molecule has 5 nitrogen and oxygen atoms in total. The minimum atomic E-state index is -0.288. The summed E-state index contributed by atoms with van der Waals surface area (Å²) in [5, 5.41) is 2.51. The van der Waals surface area contributed by atoms with Gasteiger partial charge in [-0.1, -0.05) is 26.7 Å². The maximum absolute atomic E-state index is 11.8. The van der Waals surface area contributed by atoms with Crippen LogP contribution in [0.2, 0.25) is 0 Å². The predicted octanol–water partition coefficient (Wildman–Crippen LogP) is 0.912. The smallest absolute Gasteiger partial charge is 0.241 e. The zero-order valence-electron chi connectivity index (χ0n) is 11.4. The van der Waals surface area contributed by atoms with Crippen LogP contribution in [0.5, 0.6) is 0 Å². The topological polar surface area (TPSA) is 75.4 Å². The Labute approximate surface area is 116 Å². The standard InChI is InChI=1S/C12H25N3O2.ClH/c1-3-5-7-15(8-6-4-2)12(17)10-14-11(16)9-13;/h3-10,13H2,1-2H3,(H,14,16);1H. The molecule has 0 aromatic carbocycles. The van der Waals surface area contributed by atoms with Gasteiger partial charge in [0.2, 0.25) is 11.8 Å². The molecule has 0 heterocycles. The van der Waals surface area contributed by atoms with Gasteiger partial charge in [0.05, 0.1) is 13.1 Å². The Morgan fingerprint density at radius 2 is 1.61 bits per heavy atom. The molecule has 0 bridgehead atoms. The zero-order valence-corrected chi connectivity index (χ0v) is 12.2. The summed E-state index contributed by atoms with van der Waals surface area (Å²) in [4.78, 5) is 24.6. The Morgan fingerprint density at radius 3 is 2.00 bits per heavy atom. The molecule has 0 rings (SSSR count). The van der Waals surface area contributed by atoms with Gasteiger partial charge in [-0.05, 0) is 12.8 Å². The normalized spacial score (nSPS) is 9.50. The van der Waals surface area contributed by atoms with Gasteiger partial charge < -0.3 is 16.0 Å². The third-order valence-electron chi connectivity index (χ3n) is 2.54. The first-order chi connectivity index (χ1) is 8.15. The fourth-order valence-electron chi connectivity index (χ4n) is 1.42. The number of hydrogen-bond donors (Lipinski definition) is 2. The Hall–Kier alpha value is -0.810. The highest BCUT2D eigenvalue weighted by atomic mass is 35.5. The van der Waals surface area contributed by atoms with Crippen molar-refractivity contribution in [3.8, 4) is 0 Å². The summed E-state index contributed by atoms with van der Waals surface area (Å²) in [7, 11) is 0. The largest absolute Gasteiger partial charge is 0.346 e. The average Bonchev–Trinajstić information content (AvgIpc) is 2.35. The van der Waals surface area contributed by atoms with Crippen LogP contribution in [0, 0.1) is 0 Å². The number of carbonyl (C=O) groups excluding carboxylic acids is 2. The summed E-state index contributed by atoms with van der Waals surface area (Å²) in [6.45, 7) is 5.72. The van der Waals surface area contributed by atoms with Gasteiger partial charge >= 0.3 is 0 Å². The molecule has 0 aliphatic rings. The number of nitrogens with one attached hydrogen (secondary N) is 1. The average molecular weight is 280 g/mol. The summed E-state index contributed by atoms with van der Waals surface area (Å²) in [6.07, 6.45) is 4.12. The molecular weight excluding hydrogens is 254 g/mol. The first-order valence-electron chi connectivity index (χ1n) is 6.40. The number of amides is 2. The molecule has 0 radical (unpaired) electrons. The molecule has 0 spiro atoms. The van der Waals surface area contributed by atoms with Crippen molar-refractivity contribution in [1.82, 2.24) is 10.2 Å². The van der Waals surface area contributed by atoms with Gasteiger partial charge in [-0.15, -0.1) is 12.4 Å². The number of nitrogens with zero attached hydrogens (tertiary/aromatic N) is 1. The molecule has 0 aliphatic carbocycles. The lowest BCUT2D eigenvalue weighted by molar-refractivity contribution is -0.132. The quantitative estimate of drug-likeness (QED) is 0.659. The van der Waals surface area contributed by atoms with Crippen LogP contribution in [0.4, 0.5) is 0 Å². The SMILES string of the molecule is CCCCN(CCCC)C(=O)CNC(=O)CN.Cl. The Balaban J connectivity index is 0. The van der Waals surface area contributed by atoms with E-state index >= 15 is 0 Å². The van der Waals surface area contributed by atoms with Crippen molar-refractivity contribution in [1.29, 1.82) is 0 Å². The van der Waals surface area contributed by atoms with E-state index in [1.54, 1.807) is 0 Å². The van der Waals surface area contributed by atoms with Crippen LogP contribution in [0.3, 0.4) is 0 Å². The molecule has 0 saturated carbocycles. The van der Waals surface area contributed by atoms with Crippen LogP contribution in [0.15, 0.2) is 0 Å². The minimum Gasteiger partial charge on any atom is -0.346 e. The van der Waals surface area contributed by atoms with Crippen molar-refractivity contribution in [3.05, 3.63) is 0 Å². The lowest BCUT2D eigenvalue weighted by Crippen LogP contribution is -2.42. The van der Waals surface area contributed by atoms with E-state index in [4.69, 9.17) is 5.73 Å². The lowest BCUT2D eigenvalue weighted by atomic mass is 10.2. The Morgan fingerprint density at radius 1 is 1.11 bits per heavy atom. The second kappa shape index (κ2) is 12.6. The van der Waals surface area contributed by atoms with Crippen molar-refractivity contribution in [2.45, 2.75) is 39.5 Å². The van der Waals surface area contributed by atoms with E-state index in [0.717, 1.165) is 38.8 Å². The highest BCUT2D eigenvalue weighted by molar-refractivity contribution is 5.85. The van der Waals surface area contributed by atoms with Gasteiger partial charge in [-0.25, -0.2) is 0 Å². The number of hydrogen-bond acceptors (Lipinski definition) is 3. The van der Waals surface area contributed by atoms with Gasteiger partial charge in [-0.2, -0.15) is 0 Å². The molecule has 0 aromatic rings. The van der Waals surface area contributed by atoms with Crippen LogP contribution in [-0.2, 0) is 9.59 Å². The molecule has 0 unspecified atom stereocenters. The number of halogens is 1. The van der Waals surface area contributed by atoms with Crippen molar-refractivity contribution >= 4 is 24.2 Å². The van der Waals surface area contributed by atoms with Crippen molar-refractivity contribution in [2.75, 3.05) is 26.2 Å². The maximum atomic E-state index is 11.8. The first kappa shape index (κ1) is 19.5. The third-order valence-corrected chi connectivity index (χ3v) is 2.54. The monoisotopic (exact) mass is 279 g/mol. The number of rotatable bonds is 9. The Kier molecular flexibility index (Phi) is 13.7. The van der Waals surface area contributed by atoms with Gasteiger partial charge in [0, 0.05) is 13.1 Å². The molecular formula is C12H26ClN3O2. The van der Waals surface area contributed by atoms with E-state index in [0.29, 0.717) is 0 Å². The lowest BCUT2D eigenvalue weighted by Gasteiger charge is -2.22. The van der Waals surface area contributed by atoms with Crippen LogP contribution in [0.25, 0.3) is 0 Å². The van der Waals surface area contributed by atoms with Crippen LogP contribution >= 0.6 is 12.4 Å². The van der Waals surface area contributed by atoms with Crippen LogP contribution in [-0.4, -0.2) is 42.9 Å². The number of carbonyl (C=O) groups is 2. The van der Waals surface area contributed by atoms with E-state index in [1.165, 1.54) is 0 Å². The van der Waals surface area contributed by atoms with E-state index in [9.17, 15) is 9.59 Å². The number of nitrogens with two attached hydrogens (primary N) is 1. The van der Waals surface area contributed by atoms with E-state index in [1.807, 2.05) is 4.90 Å². The fraction of sp³-hybridized carbons (Fsp3) is 0.833. The molecule has 0 atom stereocenters. The van der Waals surface area contributed by atoms with Crippen LogP contribution < -0.4 is 11.1 Å². The molecule has 0 aromatic heterocycles. The second-order valence-corrected chi connectivity index (χ2v) is 4.07. The van der Waals surface area contributed by atoms with Gasteiger partial charge in [0.1, 0.15) is 0 Å². The summed E-state index contributed by atoms with van der Waals surface area (Å²) < 4.78 is 0. The van der Waals surface area contributed by atoms with E-state index in [-0.39, 0.29) is 37.3 Å². The summed E-state index contributed by atoms with van der Waals surface area (Å²) in [5.74, 6) is -0.307. The molecule has 6 heteroatoms. The van der Waals surface area contributed by atoms with E-state index in [2.05, 4.69) is 19.2 Å². The molecule has 0 aliphatic heterocycles. The maximum Gasteiger partial charge on any atom is 0.241 e. The van der Waals surface area contributed by atoms with Gasteiger partial charge in [0.25, 0.3) is 0 Å². The molecule has 3 N–H and O–H groups in total. The Bertz CT molecular complexity index is 229. The number of unbranched alkanes of at least 4 members (excludes halogenated alkanes) is 2. The summed E-state index contributed by atoms with van der Waals surface area (Å²) in [6, 6.07) is 0. The highest BCUT2D eigenvalue weighted by Crippen LogP contribution is 1.99. The fourth-order valence-corrected chi connectivity index (χ4v) is 1.42. The molecule has 18 heavy (non-hydrogen) atoms. The highest BCUT2D eigenvalue weighted by Gasteiger charge is 2.12. The van der Waals surface area contributed by atoms with Crippen LogP contribution in [0.1, 0.15) is 39.5 Å². The van der Waals surface area contributed by atoms with Crippen molar-refractivity contribution in [2.24, 2.45) is 5.73 Å². The molecule has 108 valence electrons. The zero-order chi connectivity index (χ0) is 13.1. The van der Waals surface area contributed by atoms with Crippen molar-refractivity contribution < 1.29 is 9.59 Å². The third kappa shape index (κ3) is 9.24. The summed E-state index contributed by atoms with van der Waals surface area (Å²) >= 11 is 0. The van der Waals surface area contributed by atoms with E-state index < -0.39 is 0 Å². The minimum absolute atomic E-state index is 0. The van der Waals surface area contributed by atoms with Gasteiger partial charge in [0.15, 0.2) is 0 Å². The molecule has 0 fully saturated rings. The van der Waals surface area contributed by atoms with Gasteiger partial charge in [-0.3, -0.25) is 9.59 Å². The van der Waals surface area contributed by atoms with Crippen molar-refractivity contribution in [3.63, 3.8) is 0 Å². The summed E-state index contributed by atoms with van der Waals surface area (Å²) in [5.41, 5.74) is 5.16. The second-order valence-electron chi connectivity index (χ2n) is 4.07. The molecule has 0 saturated heterocycles. The molecule has 2 amide bonds.